The number of carbonyl (C=O) groups is 1. The maximum Gasteiger partial charge on any atom is 0.261 e. The van der Waals surface area contributed by atoms with Crippen molar-refractivity contribution in [3.63, 3.8) is 0 Å². The Morgan fingerprint density at radius 1 is 1.12 bits per heavy atom. The molecule has 0 bridgehead atoms. The second-order valence-corrected chi connectivity index (χ2v) is 8.63. The lowest BCUT2D eigenvalue weighted by molar-refractivity contribution is 0.0984. The molecule has 0 unspecified atom stereocenters. The van der Waals surface area contributed by atoms with E-state index in [2.05, 4.69) is 41.7 Å². The molecule has 130 valence electrons. The van der Waals surface area contributed by atoms with Gasteiger partial charge in [0.1, 0.15) is 0 Å². The van der Waals surface area contributed by atoms with E-state index in [1.165, 1.54) is 11.3 Å². The standard InChI is InChI=1S/C18H17Br2N3OS/c1-22(2)9-10-23(17(24)13-5-3-4-6-14(13)20)18-21-15-8-7-12(19)11-16(15)25-18/h3-8,11H,9-10H2,1-2H3. The Balaban J connectivity index is 2.01. The highest BCUT2D eigenvalue weighted by Crippen LogP contribution is 2.32. The predicted octanol–water partition coefficient (Wildman–Crippen LogP) is 5.03. The van der Waals surface area contributed by atoms with Gasteiger partial charge in [-0.2, -0.15) is 0 Å². The monoisotopic (exact) mass is 481 g/mol. The first-order chi connectivity index (χ1) is 12.0. The Morgan fingerprint density at radius 2 is 1.88 bits per heavy atom. The van der Waals surface area contributed by atoms with Gasteiger partial charge in [-0.25, -0.2) is 4.98 Å². The van der Waals surface area contributed by atoms with Gasteiger partial charge in [0.2, 0.25) is 0 Å². The molecular formula is C18H17Br2N3OS. The van der Waals surface area contributed by atoms with Gasteiger partial charge in [0.05, 0.1) is 15.8 Å². The minimum atomic E-state index is -0.0487. The average Bonchev–Trinajstić information content (AvgIpc) is 2.97. The molecule has 0 saturated heterocycles. The zero-order valence-electron chi connectivity index (χ0n) is 13.9. The lowest BCUT2D eigenvalue weighted by Gasteiger charge is -2.22. The Labute approximate surface area is 167 Å². The van der Waals surface area contributed by atoms with Gasteiger partial charge >= 0.3 is 0 Å². The molecule has 0 saturated carbocycles. The summed E-state index contributed by atoms with van der Waals surface area (Å²) < 4.78 is 2.85. The highest BCUT2D eigenvalue weighted by molar-refractivity contribution is 9.10. The van der Waals surface area contributed by atoms with Crippen molar-refractivity contribution in [1.82, 2.24) is 9.88 Å². The van der Waals surface area contributed by atoms with Crippen LogP contribution in [0.15, 0.2) is 51.4 Å². The van der Waals surface area contributed by atoms with Crippen LogP contribution in [0.2, 0.25) is 0 Å². The van der Waals surface area contributed by atoms with Crippen LogP contribution in [0.5, 0.6) is 0 Å². The van der Waals surface area contributed by atoms with Crippen LogP contribution in [-0.2, 0) is 0 Å². The number of carbonyl (C=O) groups excluding carboxylic acids is 1. The SMILES string of the molecule is CN(C)CCN(C(=O)c1ccccc1Br)c1nc2ccc(Br)cc2s1. The number of hydrogen-bond donors (Lipinski definition) is 0. The van der Waals surface area contributed by atoms with Gasteiger partial charge in [-0.1, -0.05) is 39.4 Å². The number of amides is 1. The van der Waals surface area contributed by atoms with Crippen LogP contribution in [0.1, 0.15) is 10.4 Å². The number of likely N-dealkylation sites (N-methyl/N-ethyl adjacent to an activating group) is 1. The molecule has 1 heterocycles. The zero-order valence-corrected chi connectivity index (χ0v) is 17.9. The van der Waals surface area contributed by atoms with Crippen molar-refractivity contribution >= 4 is 64.5 Å². The fourth-order valence-corrected chi connectivity index (χ4v) is 4.36. The van der Waals surface area contributed by atoms with Gasteiger partial charge in [0.15, 0.2) is 5.13 Å². The van der Waals surface area contributed by atoms with Crippen molar-refractivity contribution < 1.29 is 4.79 Å². The molecule has 0 aliphatic rings. The Bertz CT molecular complexity index is 910. The largest absolute Gasteiger partial charge is 0.308 e. The van der Waals surface area contributed by atoms with E-state index in [1.807, 2.05) is 56.6 Å². The molecule has 0 atom stereocenters. The highest BCUT2D eigenvalue weighted by atomic mass is 79.9. The summed E-state index contributed by atoms with van der Waals surface area (Å²) in [4.78, 5) is 21.7. The van der Waals surface area contributed by atoms with E-state index in [-0.39, 0.29) is 5.91 Å². The third-order valence-electron chi connectivity index (χ3n) is 3.69. The van der Waals surface area contributed by atoms with E-state index < -0.39 is 0 Å². The summed E-state index contributed by atoms with van der Waals surface area (Å²) in [5, 5.41) is 0.718. The van der Waals surface area contributed by atoms with Crippen LogP contribution < -0.4 is 4.90 Å². The third kappa shape index (κ3) is 4.28. The van der Waals surface area contributed by atoms with Crippen molar-refractivity contribution in [2.24, 2.45) is 0 Å². The second-order valence-electron chi connectivity index (χ2n) is 5.85. The molecule has 0 aliphatic heterocycles. The molecule has 0 N–H and O–H groups in total. The minimum Gasteiger partial charge on any atom is -0.308 e. The Morgan fingerprint density at radius 3 is 2.60 bits per heavy atom. The van der Waals surface area contributed by atoms with Gasteiger partial charge in [-0.15, -0.1) is 0 Å². The molecule has 3 rings (SSSR count). The molecule has 1 aromatic heterocycles. The molecule has 0 spiro atoms. The van der Waals surface area contributed by atoms with Crippen LogP contribution in [0.25, 0.3) is 10.2 Å². The summed E-state index contributed by atoms with van der Waals surface area (Å²) in [6.45, 7) is 1.34. The molecule has 3 aromatic rings. The van der Waals surface area contributed by atoms with Crippen LogP contribution in [-0.4, -0.2) is 43.0 Å². The lowest BCUT2D eigenvalue weighted by Crippen LogP contribution is -2.36. The quantitative estimate of drug-likeness (QED) is 0.511. The number of rotatable bonds is 5. The van der Waals surface area contributed by atoms with E-state index in [9.17, 15) is 4.79 Å². The molecule has 7 heteroatoms. The van der Waals surface area contributed by atoms with Crippen LogP contribution in [0, 0.1) is 0 Å². The number of aromatic nitrogens is 1. The van der Waals surface area contributed by atoms with E-state index >= 15 is 0 Å². The zero-order chi connectivity index (χ0) is 18.0. The van der Waals surface area contributed by atoms with E-state index in [4.69, 9.17) is 0 Å². The van der Waals surface area contributed by atoms with Crippen LogP contribution in [0.4, 0.5) is 5.13 Å². The predicted molar refractivity (Wildman–Crippen MR) is 112 cm³/mol. The van der Waals surface area contributed by atoms with Gasteiger partial charge in [-0.05, 0) is 60.4 Å². The van der Waals surface area contributed by atoms with E-state index in [0.717, 1.165) is 30.8 Å². The molecule has 2 aromatic carbocycles. The maximum atomic E-state index is 13.2. The topological polar surface area (TPSA) is 36.4 Å². The summed E-state index contributed by atoms with van der Waals surface area (Å²) in [5.74, 6) is -0.0487. The van der Waals surface area contributed by atoms with Crippen molar-refractivity contribution in [1.29, 1.82) is 0 Å². The van der Waals surface area contributed by atoms with Crippen LogP contribution in [0.3, 0.4) is 0 Å². The summed E-state index contributed by atoms with van der Waals surface area (Å²) in [5.41, 5.74) is 1.54. The summed E-state index contributed by atoms with van der Waals surface area (Å²) in [7, 11) is 3.99. The number of nitrogens with zero attached hydrogens (tertiary/aromatic N) is 3. The Kier molecular flexibility index (Phi) is 5.89. The molecule has 4 nitrogen and oxygen atoms in total. The Hall–Kier alpha value is -1.28. The number of fused-ring (bicyclic) bond motifs is 1. The summed E-state index contributed by atoms with van der Waals surface area (Å²) in [6.07, 6.45) is 0. The number of anilines is 1. The molecule has 0 fully saturated rings. The summed E-state index contributed by atoms with van der Waals surface area (Å²) in [6, 6.07) is 13.4. The van der Waals surface area contributed by atoms with Crippen LogP contribution >= 0.6 is 43.2 Å². The van der Waals surface area contributed by atoms with E-state index in [1.54, 1.807) is 4.90 Å². The molecule has 25 heavy (non-hydrogen) atoms. The number of hydrogen-bond acceptors (Lipinski definition) is 4. The highest BCUT2D eigenvalue weighted by Gasteiger charge is 2.22. The second kappa shape index (κ2) is 7.95. The first kappa shape index (κ1) is 18.5. The lowest BCUT2D eigenvalue weighted by atomic mass is 10.2. The molecule has 0 radical (unpaired) electrons. The smallest absolute Gasteiger partial charge is 0.261 e. The number of thiazole rings is 1. The first-order valence-electron chi connectivity index (χ1n) is 7.73. The molecule has 0 aliphatic carbocycles. The number of halogens is 2. The molecule has 1 amide bonds. The van der Waals surface area contributed by atoms with Crippen molar-refractivity contribution in [3.8, 4) is 0 Å². The maximum absolute atomic E-state index is 13.2. The van der Waals surface area contributed by atoms with Gasteiger partial charge < -0.3 is 4.90 Å². The van der Waals surface area contributed by atoms with Crippen molar-refractivity contribution in [2.45, 2.75) is 0 Å². The third-order valence-corrected chi connectivity index (χ3v) is 5.92. The van der Waals surface area contributed by atoms with Gasteiger partial charge in [0, 0.05) is 22.0 Å². The fourth-order valence-electron chi connectivity index (χ4n) is 2.37. The first-order valence-corrected chi connectivity index (χ1v) is 10.1. The fraction of sp³-hybridized carbons (Fsp3) is 0.222. The van der Waals surface area contributed by atoms with Crippen molar-refractivity contribution in [2.75, 3.05) is 32.1 Å². The minimum absolute atomic E-state index is 0.0487. The molecular weight excluding hydrogens is 466 g/mol. The van der Waals surface area contributed by atoms with Crippen molar-refractivity contribution in [3.05, 3.63) is 57.0 Å². The summed E-state index contributed by atoms with van der Waals surface area (Å²) >= 11 is 8.50. The normalized spacial score (nSPS) is 11.2. The number of benzene rings is 2. The van der Waals surface area contributed by atoms with Gasteiger partial charge in [-0.3, -0.25) is 9.69 Å². The van der Waals surface area contributed by atoms with Gasteiger partial charge in [0.25, 0.3) is 5.91 Å². The average molecular weight is 483 g/mol. The van der Waals surface area contributed by atoms with E-state index in [0.29, 0.717) is 12.1 Å².